The molecule has 1 aromatic rings. The molecule has 2 N–H and O–H groups in total. The number of nitrogens with one attached hydrogen (secondary N) is 1. The van der Waals surface area contributed by atoms with Gasteiger partial charge in [-0.15, -0.1) is 0 Å². The first-order valence-electron chi connectivity index (χ1n) is 6.91. The minimum Gasteiger partial charge on any atom is -0.504 e. The Kier molecular flexibility index (Phi) is 4.98. The maximum absolute atomic E-state index is 11.9. The summed E-state index contributed by atoms with van der Waals surface area (Å²) in [6.07, 6.45) is 6.73. The molecule has 108 valence electrons. The molecule has 0 heterocycles. The standard InChI is InChI=1S/C15H20N2O3/c1-20-13-9-5-8-12(14(13)18)10-16-17-15(19)11-6-3-2-4-7-11/h5,8-11,18H,2-4,6-7H2,1H3,(H,17,19)/b16-10+. The molecule has 2 rings (SSSR count). The lowest BCUT2D eigenvalue weighted by Crippen LogP contribution is -2.28. The number of methoxy groups -OCH3 is 1. The third-order valence-electron chi connectivity index (χ3n) is 3.60. The van der Waals surface area contributed by atoms with Gasteiger partial charge in [0.1, 0.15) is 0 Å². The average molecular weight is 276 g/mol. The number of para-hydroxylation sites is 1. The highest BCUT2D eigenvalue weighted by atomic mass is 16.5. The van der Waals surface area contributed by atoms with Crippen LogP contribution >= 0.6 is 0 Å². The molecule has 5 heteroatoms. The van der Waals surface area contributed by atoms with E-state index in [4.69, 9.17) is 4.74 Å². The fraction of sp³-hybridized carbons (Fsp3) is 0.467. The van der Waals surface area contributed by atoms with Crippen molar-refractivity contribution in [2.45, 2.75) is 32.1 Å². The molecular formula is C15H20N2O3. The molecule has 1 aromatic carbocycles. The van der Waals surface area contributed by atoms with Gasteiger partial charge in [-0.2, -0.15) is 5.10 Å². The highest BCUT2D eigenvalue weighted by molar-refractivity contribution is 5.86. The first kappa shape index (κ1) is 14.4. The second-order valence-electron chi connectivity index (χ2n) is 4.97. The maximum atomic E-state index is 11.9. The number of ether oxygens (including phenoxy) is 1. The zero-order valence-corrected chi connectivity index (χ0v) is 11.6. The Morgan fingerprint density at radius 3 is 2.85 bits per heavy atom. The van der Waals surface area contributed by atoms with Gasteiger partial charge in [0.15, 0.2) is 11.5 Å². The summed E-state index contributed by atoms with van der Waals surface area (Å²) in [7, 11) is 1.49. The lowest BCUT2D eigenvalue weighted by molar-refractivity contribution is -0.125. The number of hydrogen-bond donors (Lipinski definition) is 2. The summed E-state index contributed by atoms with van der Waals surface area (Å²) < 4.78 is 5.01. The van der Waals surface area contributed by atoms with Crippen molar-refractivity contribution in [1.82, 2.24) is 5.43 Å². The molecule has 0 aliphatic heterocycles. The molecule has 1 aliphatic carbocycles. The van der Waals surface area contributed by atoms with E-state index in [-0.39, 0.29) is 17.6 Å². The van der Waals surface area contributed by atoms with Gasteiger partial charge in [0.2, 0.25) is 5.91 Å². The fourth-order valence-corrected chi connectivity index (χ4v) is 2.43. The second-order valence-corrected chi connectivity index (χ2v) is 4.97. The Balaban J connectivity index is 1.94. The number of aromatic hydroxyl groups is 1. The van der Waals surface area contributed by atoms with Crippen molar-refractivity contribution in [1.29, 1.82) is 0 Å². The Hall–Kier alpha value is -2.04. The van der Waals surface area contributed by atoms with Crippen LogP contribution in [0.1, 0.15) is 37.7 Å². The fourth-order valence-electron chi connectivity index (χ4n) is 2.43. The van der Waals surface area contributed by atoms with Gasteiger partial charge < -0.3 is 9.84 Å². The van der Waals surface area contributed by atoms with Crippen molar-refractivity contribution in [2.75, 3.05) is 7.11 Å². The van der Waals surface area contributed by atoms with Gasteiger partial charge in [-0.25, -0.2) is 5.43 Å². The van der Waals surface area contributed by atoms with Crippen LogP contribution in [0.2, 0.25) is 0 Å². The topological polar surface area (TPSA) is 70.9 Å². The predicted octanol–water partition coefficient (Wildman–Crippen LogP) is 2.43. The Bertz CT molecular complexity index is 494. The first-order valence-corrected chi connectivity index (χ1v) is 6.91. The smallest absolute Gasteiger partial charge is 0.243 e. The van der Waals surface area contributed by atoms with E-state index in [0.29, 0.717) is 11.3 Å². The molecule has 0 radical (unpaired) electrons. The van der Waals surface area contributed by atoms with Crippen LogP contribution in [0.15, 0.2) is 23.3 Å². The van der Waals surface area contributed by atoms with Gasteiger partial charge in [-0.05, 0) is 25.0 Å². The molecule has 1 amide bonds. The van der Waals surface area contributed by atoms with Crippen molar-refractivity contribution in [2.24, 2.45) is 11.0 Å². The van der Waals surface area contributed by atoms with Crippen LogP contribution in [0.3, 0.4) is 0 Å². The molecule has 1 saturated carbocycles. The minimum absolute atomic E-state index is 0.0191. The number of phenols is 1. The van der Waals surface area contributed by atoms with E-state index in [2.05, 4.69) is 10.5 Å². The van der Waals surface area contributed by atoms with Crippen LogP contribution in [0.4, 0.5) is 0 Å². The van der Waals surface area contributed by atoms with Crippen molar-refractivity contribution >= 4 is 12.1 Å². The number of rotatable bonds is 4. The van der Waals surface area contributed by atoms with Gasteiger partial charge >= 0.3 is 0 Å². The number of hydrazone groups is 1. The lowest BCUT2D eigenvalue weighted by atomic mass is 9.89. The first-order chi connectivity index (χ1) is 9.72. The molecule has 0 aromatic heterocycles. The molecule has 0 atom stereocenters. The molecule has 0 unspecified atom stereocenters. The number of hydrogen-bond acceptors (Lipinski definition) is 4. The summed E-state index contributed by atoms with van der Waals surface area (Å²) >= 11 is 0. The molecule has 1 aliphatic rings. The zero-order valence-electron chi connectivity index (χ0n) is 11.6. The SMILES string of the molecule is COc1cccc(/C=N/NC(=O)C2CCCCC2)c1O. The van der Waals surface area contributed by atoms with E-state index in [1.54, 1.807) is 18.2 Å². The Morgan fingerprint density at radius 2 is 2.15 bits per heavy atom. The highest BCUT2D eigenvalue weighted by Gasteiger charge is 2.20. The highest BCUT2D eigenvalue weighted by Crippen LogP contribution is 2.28. The van der Waals surface area contributed by atoms with Crippen molar-refractivity contribution < 1.29 is 14.6 Å². The van der Waals surface area contributed by atoms with Crippen LogP contribution < -0.4 is 10.2 Å². The van der Waals surface area contributed by atoms with Gasteiger partial charge in [0.25, 0.3) is 0 Å². The molecule has 0 spiro atoms. The van der Waals surface area contributed by atoms with Crippen LogP contribution in [0, 0.1) is 5.92 Å². The third kappa shape index (κ3) is 3.50. The molecular weight excluding hydrogens is 256 g/mol. The second kappa shape index (κ2) is 6.93. The van der Waals surface area contributed by atoms with Crippen LogP contribution in [-0.2, 0) is 4.79 Å². The molecule has 1 fully saturated rings. The predicted molar refractivity (Wildman–Crippen MR) is 77.0 cm³/mol. The van der Waals surface area contributed by atoms with Crippen molar-refractivity contribution in [3.05, 3.63) is 23.8 Å². The van der Waals surface area contributed by atoms with E-state index in [1.165, 1.54) is 19.7 Å². The summed E-state index contributed by atoms with van der Waals surface area (Å²) in [5.41, 5.74) is 3.05. The normalized spacial score (nSPS) is 16.2. The summed E-state index contributed by atoms with van der Waals surface area (Å²) in [5.74, 6) is 0.432. The minimum atomic E-state index is -0.0386. The molecule has 0 bridgehead atoms. The monoisotopic (exact) mass is 276 g/mol. The number of carbonyl (C=O) groups excluding carboxylic acids is 1. The summed E-state index contributed by atoms with van der Waals surface area (Å²) in [6, 6.07) is 5.12. The molecule has 0 saturated heterocycles. The number of amides is 1. The van der Waals surface area contributed by atoms with Crippen molar-refractivity contribution in [3.63, 3.8) is 0 Å². The summed E-state index contributed by atoms with van der Waals surface area (Å²) in [4.78, 5) is 11.9. The van der Waals surface area contributed by atoms with E-state index >= 15 is 0 Å². The lowest BCUT2D eigenvalue weighted by Gasteiger charge is -2.19. The number of nitrogens with zero attached hydrogens (tertiary/aromatic N) is 1. The summed E-state index contributed by atoms with van der Waals surface area (Å²) in [6.45, 7) is 0. The van der Waals surface area contributed by atoms with Gasteiger partial charge in [-0.1, -0.05) is 25.3 Å². The molecule has 20 heavy (non-hydrogen) atoms. The van der Waals surface area contributed by atoms with Crippen molar-refractivity contribution in [3.8, 4) is 11.5 Å². The Morgan fingerprint density at radius 1 is 1.40 bits per heavy atom. The van der Waals surface area contributed by atoms with Crippen LogP contribution in [-0.4, -0.2) is 24.3 Å². The maximum Gasteiger partial charge on any atom is 0.243 e. The largest absolute Gasteiger partial charge is 0.504 e. The van der Waals surface area contributed by atoms with Gasteiger partial charge in [-0.3, -0.25) is 4.79 Å². The quantitative estimate of drug-likeness (QED) is 0.655. The third-order valence-corrected chi connectivity index (χ3v) is 3.60. The number of phenolic OH excluding ortho intramolecular Hbond substituents is 1. The van der Waals surface area contributed by atoms with E-state index < -0.39 is 0 Å². The Labute approximate surface area is 118 Å². The zero-order chi connectivity index (χ0) is 14.4. The summed E-state index contributed by atoms with van der Waals surface area (Å²) in [5, 5.41) is 13.8. The van der Waals surface area contributed by atoms with E-state index in [0.717, 1.165) is 25.7 Å². The van der Waals surface area contributed by atoms with Gasteiger partial charge in [0, 0.05) is 11.5 Å². The number of benzene rings is 1. The van der Waals surface area contributed by atoms with Crippen LogP contribution in [0.25, 0.3) is 0 Å². The van der Waals surface area contributed by atoms with E-state index in [9.17, 15) is 9.90 Å². The van der Waals surface area contributed by atoms with Gasteiger partial charge in [0.05, 0.1) is 13.3 Å². The average Bonchev–Trinajstić information content (AvgIpc) is 2.49. The molecule has 5 nitrogen and oxygen atoms in total. The number of carbonyl (C=O) groups is 1. The van der Waals surface area contributed by atoms with E-state index in [1.807, 2.05) is 0 Å². The van der Waals surface area contributed by atoms with Crippen LogP contribution in [0.5, 0.6) is 11.5 Å².